The van der Waals surface area contributed by atoms with Crippen molar-refractivity contribution in [3.05, 3.63) is 24.3 Å². The van der Waals surface area contributed by atoms with Gasteiger partial charge in [-0.05, 0) is 44.1 Å². The average molecular weight is 276 g/mol. The number of piperidine rings is 1. The Balaban J connectivity index is 2.05. The Hall–Kier alpha value is -0.600. The molecule has 2 aliphatic heterocycles. The third-order valence-electron chi connectivity index (χ3n) is 5.32. The zero-order valence-corrected chi connectivity index (χ0v) is 13.5. The lowest BCUT2D eigenvalue weighted by molar-refractivity contribution is 0.240. The maximum absolute atomic E-state index is 4.12. The summed E-state index contributed by atoms with van der Waals surface area (Å²) in [5.74, 6) is 2.78. The lowest BCUT2D eigenvalue weighted by Gasteiger charge is -2.37. The fraction of sp³-hybridized carbons (Fsp3) is 0.778. The van der Waals surface area contributed by atoms with Gasteiger partial charge in [0.05, 0.1) is 6.17 Å². The van der Waals surface area contributed by atoms with E-state index in [9.17, 15) is 0 Å². The lowest BCUT2D eigenvalue weighted by Crippen LogP contribution is -2.49. The minimum Gasteiger partial charge on any atom is -0.302 e. The van der Waals surface area contributed by atoms with E-state index in [-0.39, 0.29) is 0 Å². The van der Waals surface area contributed by atoms with Crippen LogP contribution in [0.5, 0.6) is 0 Å². The van der Waals surface area contributed by atoms with Crippen LogP contribution in [0.4, 0.5) is 0 Å². The molecule has 0 aromatic heterocycles. The minimum atomic E-state index is 0.553. The molecular formula is C18H32N2. The van der Waals surface area contributed by atoms with Crippen LogP contribution in [0.15, 0.2) is 24.3 Å². The predicted octanol–water partition coefficient (Wildman–Crippen LogP) is 3.72. The number of fused-ring (bicyclic) bond motifs is 1. The molecule has 2 heterocycles. The van der Waals surface area contributed by atoms with E-state index in [1.165, 1.54) is 32.2 Å². The molecule has 20 heavy (non-hydrogen) atoms. The fourth-order valence-electron chi connectivity index (χ4n) is 4.25. The van der Waals surface area contributed by atoms with Crippen molar-refractivity contribution in [2.75, 3.05) is 13.1 Å². The van der Waals surface area contributed by atoms with Gasteiger partial charge in [0, 0.05) is 12.5 Å². The predicted molar refractivity (Wildman–Crippen MR) is 87.5 cm³/mol. The molecule has 0 radical (unpaired) electrons. The SMILES string of the molecule is C=CC(/C(=C\C)C1CNC2NCCC2C1)C(C)CCC. The Morgan fingerprint density at radius 2 is 2.20 bits per heavy atom. The van der Waals surface area contributed by atoms with Gasteiger partial charge < -0.3 is 10.6 Å². The van der Waals surface area contributed by atoms with Gasteiger partial charge in [0.1, 0.15) is 0 Å². The highest BCUT2D eigenvalue weighted by Gasteiger charge is 2.36. The number of hydrogen-bond donors (Lipinski definition) is 2. The summed E-state index contributed by atoms with van der Waals surface area (Å²) in [6.45, 7) is 13.3. The molecule has 2 N–H and O–H groups in total. The standard InChI is InChI=1S/C18H32N2/c1-5-8-13(4)16(6-2)17(7-3)15-11-14-9-10-19-18(14)20-12-15/h6-7,13-16,18-20H,2,5,8-12H2,1,3-4H3/b17-7-. The fourth-order valence-corrected chi connectivity index (χ4v) is 4.25. The largest absolute Gasteiger partial charge is 0.302 e. The zero-order chi connectivity index (χ0) is 14.5. The molecule has 0 aliphatic carbocycles. The lowest BCUT2D eigenvalue weighted by atomic mass is 9.74. The molecule has 2 rings (SSSR count). The Labute approximate surface area is 125 Å². The molecular weight excluding hydrogens is 244 g/mol. The summed E-state index contributed by atoms with van der Waals surface area (Å²) in [5, 5.41) is 7.28. The molecule has 2 fully saturated rings. The van der Waals surface area contributed by atoms with E-state index >= 15 is 0 Å². The van der Waals surface area contributed by atoms with Crippen molar-refractivity contribution in [2.45, 2.75) is 52.6 Å². The van der Waals surface area contributed by atoms with Crippen molar-refractivity contribution in [3.63, 3.8) is 0 Å². The van der Waals surface area contributed by atoms with Crippen LogP contribution >= 0.6 is 0 Å². The van der Waals surface area contributed by atoms with E-state index in [0.717, 1.165) is 12.5 Å². The van der Waals surface area contributed by atoms with E-state index < -0.39 is 0 Å². The second-order valence-electron chi connectivity index (χ2n) is 6.64. The van der Waals surface area contributed by atoms with E-state index in [4.69, 9.17) is 0 Å². The van der Waals surface area contributed by atoms with Gasteiger partial charge >= 0.3 is 0 Å². The van der Waals surface area contributed by atoms with Crippen LogP contribution in [0.25, 0.3) is 0 Å². The molecule has 2 nitrogen and oxygen atoms in total. The molecule has 114 valence electrons. The van der Waals surface area contributed by atoms with Crippen molar-refractivity contribution in [1.29, 1.82) is 0 Å². The average Bonchev–Trinajstić information content (AvgIpc) is 2.92. The Morgan fingerprint density at radius 1 is 1.40 bits per heavy atom. The maximum Gasteiger partial charge on any atom is 0.0601 e. The van der Waals surface area contributed by atoms with E-state index in [0.29, 0.717) is 23.9 Å². The van der Waals surface area contributed by atoms with Gasteiger partial charge in [0.15, 0.2) is 0 Å². The van der Waals surface area contributed by atoms with Gasteiger partial charge in [-0.25, -0.2) is 0 Å². The van der Waals surface area contributed by atoms with Crippen LogP contribution in [-0.2, 0) is 0 Å². The number of hydrogen-bond acceptors (Lipinski definition) is 2. The van der Waals surface area contributed by atoms with Crippen molar-refractivity contribution < 1.29 is 0 Å². The van der Waals surface area contributed by atoms with Gasteiger partial charge in [0.25, 0.3) is 0 Å². The van der Waals surface area contributed by atoms with E-state index in [1.54, 1.807) is 5.57 Å². The first-order valence-electron chi connectivity index (χ1n) is 8.46. The summed E-state index contributed by atoms with van der Waals surface area (Å²) in [7, 11) is 0. The van der Waals surface area contributed by atoms with Gasteiger partial charge in [-0.3, -0.25) is 0 Å². The van der Waals surface area contributed by atoms with Gasteiger partial charge in [-0.2, -0.15) is 0 Å². The van der Waals surface area contributed by atoms with Crippen LogP contribution < -0.4 is 10.6 Å². The molecule has 5 atom stereocenters. The van der Waals surface area contributed by atoms with Gasteiger partial charge in [0.2, 0.25) is 0 Å². The highest BCUT2D eigenvalue weighted by atomic mass is 15.2. The quantitative estimate of drug-likeness (QED) is 0.723. The molecule has 2 heteroatoms. The molecule has 0 aromatic carbocycles. The molecule has 0 amide bonds. The van der Waals surface area contributed by atoms with Crippen molar-refractivity contribution >= 4 is 0 Å². The molecule has 0 saturated carbocycles. The van der Waals surface area contributed by atoms with Gasteiger partial charge in [-0.1, -0.05) is 44.4 Å². The van der Waals surface area contributed by atoms with Crippen LogP contribution in [0, 0.1) is 23.7 Å². The Bertz CT molecular complexity index is 347. The summed E-state index contributed by atoms with van der Waals surface area (Å²) >= 11 is 0. The number of nitrogens with one attached hydrogen (secondary N) is 2. The highest BCUT2D eigenvalue weighted by molar-refractivity contribution is 5.18. The third kappa shape index (κ3) is 3.35. The summed E-state index contributed by atoms with van der Waals surface area (Å²) in [5.41, 5.74) is 1.62. The summed E-state index contributed by atoms with van der Waals surface area (Å²) in [6, 6.07) is 0. The first-order chi connectivity index (χ1) is 9.71. The molecule has 0 aromatic rings. The second-order valence-corrected chi connectivity index (χ2v) is 6.64. The molecule has 2 saturated heterocycles. The van der Waals surface area contributed by atoms with E-state index in [1.807, 2.05) is 0 Å². The van der Waals surface area contributed by atoms with E-state index in [2.05, 4.69) is 50.1 Å². The summed E-state index contributed by atoms with van der Waals surface area (Å²) in [4.78, 5) is 0. The van der Waals surface area contributed by atoms with Gasteiger partial charge in [-0.15, -0.1) is 6.58 Å². The Morgan fingerprint density at radius 3 is 2.85 bits per heavy atom. The normalized spacial score (nSPS) is 33.5. The van der Waals surface area contributed by atoms with Crippen molar-refractivity contribution in [3.8, 4) is 0 Å². The number of rotatable bonds is 6. The Kier molecular flexibility index (Phi) is 5.86. The van der Waals surface area contributed by atoms with Crippen LogP contribution in [-0.4, -0.2) is 19.3 Å². The minimum absolute atomic E-state index is 0.553. The molecule has 0 bridgehead atoms. The topological polar surface area (TPSA) is 24.1 Å². The first kappa shape index (κ1) is 15.8. The number of allylic oxidation sites excluding steroid dienone is 2. The highest BCUT2D eigenvalue weighted by Crippen LogP contribution is 2.37. The third-order valence-corrected chi connectivity index (χ3v) is 5.32. The van der Waals surface area contributed by atoms with Crippen molar-refractivity contribution in [1.82, 2.24) is 10.6 Å². The monoisotopic (exact) mass is 276 g/mol. The maximum atomic E-state index is 4.12. The summed E-state index contributed by atoms with van der Waals surface area (Å²) in [6.07, 6.45) is 10.4. The molecule has 0 spiro atoms. The summed E-state index contributed by atoms with van der Waals surface area (Å²) < 4.78 is 0. The van der Waals surface area contributed by atoms with Crippen LogP contribution in [0.2, 0.25) is 0 Å². The zero-order valence-electron chi connectivity index (χ0n) is 13.5. The molecule has 5 unspecified atom stereocenters. The first-order valence-corrected chi connectivity index (χ1v) is 8.46. The smallest absolute Gasteiger partial charge is 0.0601 e. The van der Waals surface area contributed by atoms with Crippen molar-refractivity contribution in [2.24, 2.45) is 23.7 Å². The van der Waals surface area contributed by atoms with Crippen LogP contribution in [0.3, 0.4) is 0 Å². The second kappa shape index (κ2) is 7.42. The van der Waals surface area contributed by atoms with Crippen LogP contribution in [0.1, 0.15) is 46.5 Å². The molecule has 2 aliphatic rings.